The number of anilines is 1. The molecule has 2 aromatic carbocycles. The van der Waals surface area contributed by atoms with Crippen LogP contribution in [0.1, 0.15) is 41.3 Å². The van der Waals surface area contributed by atoms with Crippen LogP contribution < -0.4 is 10.2 Å². The van der Waals surface area contributed by atoms with Crippen molar-refractivity contribution in [1.82, 2.24) is 5.32 Å². The van der Waals surface area contributed by atoms with E-state index < -0.39 is 5.97 Å². The molecule has 0 aliphatic heterocycles. The highest BCUT2D eigenvalue weighted by atomic mass is 16.5. The van der Waals surface area contributed by atoms with Gasteiger partial charge in [0.1, 0.15) is 0 Å². The van der Waals surface area contributed by atoms with Gasteiger partial charge in [-0.3, -0.25) is 4.79 Å². The molecular formula is C22H28N2O3. The van der Waals surface area contributed by atoms with Gasteiger partial charge in [-0.2, -0.15) is 0 Å². The number of esters is 1. The summed E-state index contributed by atoms with van der Waals surface area (Å²) in [4.78, 5) is 25.8. The van der Waals surface area contributed by atoms with Crippen LogP contribution in [0.15, 0.2) is 48.5 Å². The fourth-order valence-corrected chi connectivity index (χ4v) is 2.58. The first-order valence-corrected chi connectivity index (χ1v) is 9.17. The van der Waals surface area contributed by atoms with E-state index in [4.69, 9.17) is 4.74 Å². The van der Waals surface area contributed by atoms with Crippen molar-refractivity contribution in [3.8, 4) is 0 Å². The molecule has 5 heteroatoms. The van der Waals surface area contributed by atoms with Crippen molar-refractivity contribution >= 4 is 17.6 Å². The highest BCUT2D eigenvalue weighted by molar-refractivity contribution is 5.91. The van der Waals surface area contributed by atoms with E-state index in [1.54, 1.807) is 12.1 Å². The van der Waals surface area contributed by atoms with Gasteiger partial charge in [-0.25, -0.2) is 4.79 Å². The smallest absolute Gasteiger partial charge is 0.338 e. The Morgan fingerprint density at radius 1 is 1.00 bits per heavy atom. The Labute approximate surface area is 161 Å². The number of nitrogens with zero attached hydrogens (tertiary/aromatic N) is 1. The van der Waals surface area contributed by atoms with E-state index in [9.17, 15) is 9.59 Å². The van der Waals surface area contributed by atoms with Gasteiger partial charge in [-0.15, -0.1) is 0 Å². The SMILES string of the molecule is CC(C)c1ccc(CCNC(=O)COC(=O)c2ccc(N(C)C)cc2)cc1. The van der Waals surface area contributed by atoms with Crippen LogP contribution in [0, 0.1) is 0 Å². The Morgan fingerprint density at radius 2 is 1.63 bits per heavy atom. The minimum atomic E-state index is -0.500. The number of rotatable bonds is 8. The molecule has 0 aliphatic carbocycles. The number of carbonyl (C=O) groups excluding carboxylic acids is 2. The van der Waals surface area contributed by atoms with Crippen molar-refractivity contribution in [3.05, 3.63) is 65.2 Å². The molecule has 0 aliphatic rings. The summed E-state index contributed by atoms with van der Waals surface area (Å²) in [5, 5.41) is 2.78. The first kappa shape index (κ1) is 20.5. The molecule has 0 radical (unpaired) electrons. The molecule has 144 valence electrons. The van der Waals surface area contributed by atoms with Crippen LogP contribution in [0.25, 0.3) is 0 Å². The summed E-state index contributed by atoms with van der Waals surface area (Å²) in [7, 11) is 3.85. The number of hydrogen-bond acceptors (Lipinski definition) is 4. The maximum absolute atomic E-state index is 12.0. The van der Waals surface area contributed by atoms with Crippen LogP contribution in [0.4, 0.5) is 5.69 Å². The molecular weight excluding hydrogens is 340 g/mol. The van der Waals surface area contributed by atoms with Crippen molar-refractivity contribution in [1.29, 1.82) is 0 Å². The zero-order valence-corrected chi connectivity index (χ0v) is 16.5. The molecule has 0 saturated heterocycles. The van der Waals surface area contributed by atoms with Gasteiger partial charge in [0.2, 0.25) is 0 Å². The summed E-state index contributed by atoms with van der Waals surface area (Å²) in [5.41, 5.74) is 3.88. The maximum atomic E-state index is 12.0. The maximum Gasteiger partial charge on any atom is 0.338 e. The molecule has 2 rings (SSSR count). The standard InChI is InChI=1S/C22H28N2O3/c1-16(2)18-7-5-17(6-8-18)13-14-23-21(25)15-27-22(26)19-9-11-20(12-10-19)24(3)4/h5-12,16H,13-15H2,1-4H3,(H,23,25). The Bertz CT molecular complexity index is 750. The molecule has 0 atom stereocenters. The number of ether oxygens (including phenoxy) is 1. The average molecular weight is 368 g/mol. The molecule has 0 fully saturated rings. The Kier molecular flexibility index (Phi) is 7.41. The molecule has 5 nitrogen and oxygen atoms in total. The third-order valence-electron chi connectivity index (χ3n) is 4.34. The summed E-state index contributed by atoms with van der Waals surface area (Å²) >= 11 is 0. The van der Waals surface area contributed by atoms with Crippen molar-refractivity contribution in [2.75, 3.05) is 32.1 Å². The Hall–Kier alpha value is -2.82. The second kappa shape index (κ2) is 9.76. The van der Waals surface area contributed by atoms with Crippen LogP contribution in [-0.2, 0) is 16.0 Å². The fourth-order valence-electron chi connectivity index (χ4n) is 2.58. The molecule has 1 N–H and O–H groups in total. The van der Waals surface area contributed by atoms with Gasteiger partial charge in [0, 0.05) is 26.3 Å². The first-order chi connectivity index (χ1) is 12.9. The summed E-state index contributed by atoms with van der Waals surface area (Å²) < 4.78 is 5.07. The molecule has 0 spiro atoms. The number of carbonyl (C=O) groups is 2. The Balaban J connectivity index is 1.71. The predicted molar refractivity (Wildman–Crippen MR) is 108 cm³/mol. The van der Waals surface area contributed by atoms with Gasteiger partial charge < -0.3 is 15.0 Å². The van der Waals surface area contributed by atoms with Gasteiger partial charge in [-0.1, -0.05) is 38.1 Å². The third-order valence-corrected chi connectivity index (χ3v) is 4.34. The lowest BCUT2D eigenvalue weighted by Crippen LogP contribution is -2.30. The van der Waals surface area contributed by atoms with Gasteiger partial charge in [0.25, 0.3) is 5.91 Å². The quantitative estimate of drug-likeness (QED) is 0.726. The second-order valence-corrected chi connectivity index (χ2v) is 7.01. The van der Waals surface area contributed by atoms with E-state index in [1.165, 1.54) is 5.56 Å². The van der Waals surface area contributed by atoms with Crippen LogP contribution in [0.3, 0.4) is 0 Å². The number of nitrogens with one attached hydrogen (secondary N) is 1. The third kappa shape index (κ3) is 6.44. The van der Waals surface area contributed by atoms with Gasteiger partial charge in [0.15, 0.2) is 6.61 Å². The molecule has 2 aromatic rings. The minimum Gasteiger partial charge on any atom is -0.452 e. The van der Waals surface area contributed by atoms with Crippen LogP contribution >= 0.6 is 0 Å². The van der Waals surface area contributed by atoms with Crippen LogP contribution in [0.5, 0.6) is 0 Å². The van der Waals surface area contributed by atoms with E-state index in [2.05, 4.69) is 43.4 Å². The van der Waals surface area contributed by atoms with Crippen LogP contribution in [0.2, 0.25) is 0 Å². The molecule has 0 heterocycles. The zero-order chi connectivity index (χ0) is 19.8. The van der Waals surface area contributed by atoms with Crippen molar-refractivity contribution in [3.63, 3.8) is 0 Å². The summed E-state index contributed by atoms with van der Waals surface area (Å²) in [6, 6.07) is 15.4. The molecule has 0 unspecified atom stereocenters. The molecule has 27 heavy (non-hydrogen) atoms. The normalized spacial score (nSPS) is 10.6. The molecule has 1 amide bonds. The lowest BCUT2D eigenvalue weighted by molar-refractivity contribution is -0.124. The topological polar surface area (TPSA) is 58.6 Å². The van der Waals surface area contributed by atoms with Crippen molar-refractivity contribution in [2.45, 2.75) is 26.2 Å². The van der Waals surface area contributed by atoms with Crippen molar-refractivity contribution < 1.29 is 14.3 Å². The molecule has 0 bridgehead atoms. The van der Waals surface area contributed by atoms with Crippen molar-refractivity contribution in [2.24, 2.45) is 0 Å². The largest absolute Gasteiger partial charge is 0.452 e. The molecule has 0 aromatic heterocycles. The average Bonchev–Trinajstić information content (AvgIpc) is 2.66. The summed E-state index contributed by atoms with van der Waals surface area (Å²) in [6.07, 6.45) is 0.740. The van der Waals surface area contributed by atoms with Crippen LogP contribution in [-0.4, -0.2) is 39.1 Å². The van der Waals surface area contributed by atoms with E-state index in [0.717, 1.165) is 17.7 Å². The van der Waals surface area contributed by atoms with E-state index in [1.807, 2.05) is 31.1 Å². The first-order valence-electron chi connectivity index (χ1n) is 9.17. The number of hydrogen-bond donors (Lipinski definition) is 1. The predicted octanol–water partition coefficient (Wildman–Crippen LogP) is 3.39. The summed E-state index contributed by atoms with van der Waals surface area (Å²) in [5.74, 6) is -0.292. The zero-order valence-electron chi connectivity index (χ0n) is 16.5. The lowest BCUT2D eigenvalue weighted by atomic mass is 10.0. The molecule has 0 saturated carbocycles. The van der Waals surface area contributed by atoms with Gasteiger partial charge in [-0.05, 0) is 47.7 Å². The summed E-state index contributed by atoms with van der Waals surface area (Å²) in [6.45, 7) is 4.55. The van der Waals surface area contributed by atoms with Gasteiger partial charge >= 0.3 is 5.97 Å². The van der Waals surface area contributed by atoms with E-state index in [-0.39, 0.29) is 12.5 Å². The number of amides is 1. The second-order valence-electron chi connectivity index (χ2n) is 7.01. The monoisotopic (exact) mass is 368 g/mol. The van der Waals surface area contributed by atoms with Gasteiger partial charge in [0.05, 0.1) is 5.56 Å². The van der Waals surface area contributed by atoms with E-state index >= 15 is 0 Å². The highest BCUT2D eigenvalue weighted by Gasteiger charge is 2.10. The Morgan fingerprint density at radius 3 is 2.19 bits per heavy atom. The fraction of sp³-hybridized carbons (Fsp3) is 0.364. The minimum absolute atomic E-state index is 0.277. The highest BCUT2D eigenvalue weighted by Crippen LogP contribution is 2.15. The number of benzene rings is 2. The van der Waals surface area contributed by atoms with E-state index in [0.29, 0.717) is 18.0 Å². The lowest BCUT2D eigenvalue weighted by Gasteiger charge is -2.12.